The summed E-state index contributed by atoms with van der Waals surface area (Å²) in [6, 6.07) is 58.0. The van der Waals surface area contributed by atoms with E-state index in [9.17, 15) is 59.4 Å². The number of aliphatic carboxylic acids is 2. The van der Waals surface area contributed by atoms with Gasteiger partial charge in [0.05, 0.1) is 61.9 Å². The predicted octanol–water partition coefficient (Wildman–Crippen LogP) is 26.0. The number of aromatic hydroxyl groups is 4. The smallest absolute Gasteiger partial charge is 0.310 e. The zero-order chi connectivity index (χ0) is 105. The molecule has 10 aromatic carbocycles. The Kier molecular flexibility index (Phi) is 28.1. The summed E-state index contributed by atoms with van der Waals surface area (Å²) >= 11 is 0. The lowest BCUT2D eigenvalue weighted by Gasteiger charge is -2.30. The number of carbonyl (C=O) groups excluding carboxylic acids is 4. The second-order valence-corrected chi connectivity index (χ2v) is 46.8. The number of hydrogen-bond donors (Lipinski definition) is 6. The lowest BCUT2D eigenvalue weighted by atomic mass is 9.75. The highest BCUT2D eigenvalue weighted by atomic mass is 19.1. The number of carbonyl (C=O) groups is 6. The van der Waals surface area contributed by atoms with Gasteiger partial charge in [-0.15, -0.1) is 0 Å². The Balaban J connectivity index is 0.000000116. The van der Waals surface area contributed by atoms with Crippen molar-refractivity contribution in [3.05, 3.63) is 294 Å². The molecule has 0 radical (unpaired) electrons. The van der Waals surface area contributed by atoms with Crippen LogP contribution in [0.15, 0.2) is 182 Å². The zero-order valence-corrected chi connectivity index (χ0v) is 88.7. The van der Waals surface area contributed by atoms with Gasteiger partial charge in [-0.2, -0.15) is 0 Å². The first kappa shape index (κ1) is 104. The molecule has 0 bridgehead atoms. The summed E-state index contributed by atoms with van der Waals surface area (Å²) < 4.78 is 63.3. The average molecular weight is 2010 g/mol. The van der Waals surface area contributed by atoms with Crippen LogP contribution in [0.4, 0.5) is 8.78 Å². The fourth-order valence-corrected chi connectivity index (χ4v) is 30.6. The quantitative estimate of drug-likeness (QED) is 0.0305. The minimum Gasteiger partial charge on any atom is -0.508 e. The second kappa shape index (κ2) is 39.9. The first-order valence-corrected chi connectivity index (χ1v) is 54.4. The number of benzene rings is 10. The van der Waals surface area contributed by atoms with Crippen LogP contribution in [0, 0.1) is 107 Å². The van der Waals surface area contributed by atoms with Crippen LogP contribution >= 0.6 is 0 Å². The van der Waals surface area contributed by atoms with Gasteiger partial charge in [-0.25, -0.2) is 8.78 Å². The van der Waals surface area contributed by atoms with E-state index in [0.29, 0.717) is 86.3 Å². The number of aryl methyl sites for hydroxylation is 8. The monoisotopic (exact) mass is 2010 g/mol. The molecule has 0 heterocycles. The van der Waals surface area contributed by atoms with Crippen LogP contribution in [0.5, 0.6) is 34.5 Å². The molecule has 0 amide bonds. The van der Waals surface area contributed by atoms with Crippen molar-refractivity contribution in [1.82, 2.24) is 0 Å². The summed E-state index contributed by atoms with van der Waals surface area (Å²) in [6.07, 6.45) is 18.5. The summed E-state index contributed by atoms with van der Waals surface area (Å²) in [7, 11) is 0. The van der Waals surface area contributed by atoms with Crippen molar-refractivity contribution >= 4 is 35.8 Å². The fourth-order valence-electron chi connectivity index (χ4n) is 30.6. The third-order valence-electron chi connectivity index (χ3n) is 38.8. The molecule has 148 heavy (non-hydrogen) atoms. The van der Waals surface area contributed by atoms with Crippen molar-refractivity contribution in [3.63, 3.8) is 0 Å². The number of carboxylic acids is 2. The minimum atomic E-state index is -0.691. The van der Waals surface area contributed by atoms with Crippen molar-refractivity contribution in [1.29, 1.82) is 0 Å². The summed E-state index contributed by atoms with van der Waals surface area (Å²) in [5.41, 5.74) is 24.1. The molecule has 8 saturated carbocycles. The summed E-state index contributed by atoms with van der Waals surface area (Å²) in [5, 5.41) is 58.1. The molecule has 24 rings (SSSR count). The van der Waals surface area contributed by atoms with Gasteiger partial charge in [0, 0.05) is 43.6 Å². The van der Waals surface area contributed by atoms with Crippen molar-refractivity contribution < 1.29 is 96.6 Å². The molecule has 6 N–H and O–H groups in total. The standard InChI is InChI=1S/2C34H37FO3.4C15H18O3/c2*1-20-7-12-30(35)27(16-20)25-11-8-22(17-26(25)28-6-5-14-33(28,3)4)19-38-24-10-9-23-13-15-34(29(23)18-24)21(2)31(34)32(36)37;4*1-3-18-14(17)13-9(2)15(13)7-6-10-4-5-11(16)8-12(10)15/h2*7-12,16-18,21,28,31H,5-6,13-15,19H2,1-4H3,(H,36,37);4*4-5,8-9,13,16H,3,6-7H2,1-2H3/t21-,28+,31+,34-;21-,28-,31-,34+;9-,13?,15+;9-,13-,15+;2*9-,13-,15-/m101110/s1. The van der Waals surface area contributed by atoms with Crippen molar-refractivity contribution in [3.8, 4) is 56.8 Å². The van der Waals surface area contributed by atoms with E-state index in [2.05, 4.69) is 130 Å². The van der Waals surface area contributed by atoms with E-state index in [4.69, 9.17) is 28.4 Å². The van der Waals surface area contributed by atoms with Crippen LogP contribution < -0.4 is 9.47 Å². The average Bonchev–Trinajstić information content (AvgIpc) is 1.54. The van der Waals surface area contributed by atoms with E-state index in [1.54, 1.807) is 36.4 Å². The van der Waals surface area contributed by atoms with Gasteiger partial charge >= 0.3 is 35.8 Å². The Bertz CT molecular complexity index is 6280. The van der Waals surface area contributed by atoms with E-state index >= 15 is 8.78 Å². The maximum atomic E-state index is 15.0. The molecule has 10 aromatic rings. The van der Waals surface area contributed by atoms with Gasteiger partial charge in [-0.1, -0.05) is 178 Å². The number of halogens is 2. The molecule has 14 aliphatic carbocycles. The lowest BCUT2D eigenvalue weighted by Crippen LogP contribution is -2.17. The number of carboxylic acid groups (broad SMARTS) is 2. The number of phenolic OH excluding ortho intramolecular Hbond substituents is 4. The second-order valence-electron chi connectivity index (χ2n) is 46.8. The van der Waals surface area contributed by atoms with Crippen LogP contribution in [0.1, 0.15) is 286 Å². The number of esters is 4. The highest BCUT2D eigenvalue weighted by Crippen LogP contribution is 2.73. The number of fused-ring (bicyclic) bond motifs is 12. The molecule has 14 aliphatic rings. The molecule has 18 nitrogen and oxygen atoms in total. The van der Waals surface area contributed by atoms with Gasteiger partial charge in [-0.05, 0) is 400 Å². The third kappa shape index (κ3) is 18.0. The molecule has 0 aromatic heterocycles. The van der Waals surface area contributed by atoms with Crippen molar-refractivity contribution in [2.24, 2.45) is 81.8 Å². The Morgan fingerprint density at radius 2 is 0.568 bits per heavy atom. The first-order chi connectivity index (χ1) is 70.7. The van der Waals surface area contributed by atoms with Gasteiger partial charge in [0.2, 0.25) is 0 Å². The van der Waals surface area contributed by atoms with E-state index in [1.165, 1.54) is 70.2 Å². The largest absolute Gasteiger partial charge is 0.508 e. The number of phenols is 4. The SMILES string of the molecule is CCOC(=O)C1[C@@H](C)[C@]12CCc1ccc(O)cc12.CCOC(=O)[C@@H]1[C@H](C)[C@]12CCc1ccc(O)cc12.CCOC(=O)[C@H]1[C@@H](C)[C@@]12CCc1ccc(O)cc12.CCOC(=O)[C@H]1[C@@H](C)[C@]12CCc1ccc(O)cc12.Cc1ccc(F)c(-c2ccc(COc3ccc4c(c3)[C@@]3(CC4)[C@H](C)[C@H]3C(=O)O)cc2[C@@H]2CCCC2(C)C)c1.Cc1ccc(F)c(-c2ccc(COc3ccc4c(c3)[C@]3(CC4)[C@H](C(=O)O)[C@@H]3C)cc2[C@@H]2CCCC2(C)C)c1. The van der Waals surface area contributed by atoms with E-state index in [0.717, 1.165) is 168 Å². The molecule has 6 spiro atoms. The van der Waals surface area contributed by atoms with Gasteiger partial charge in [0.15, 0.2) is 0 Å². The normalized spacial score (nSPS) is 29.6. The molecule has 0 aliphatic heterocycles. The molecular formula is C128H146F2O18. The van der Waals surface area contributed by atoms with E-state index in [-0.39, 0.29) is 149 Å². The van der Waals surface area contributed by atoms with E-state index in [1.807, 2.05) is 126 Å². The molecule has 1 unspecified atom stereocenters. The minimum absolute atomic E-state index is 0.0273. The lowest BCUT2D eigenvalue weighted by molar-refractivity contribution is -0.146. The zero-order valence-electron chi connectivity index (χ0n) is 88.7. The number of rotatable bonds is 20. The number of hydrogen-bond acceptors (Lipinski definition) is 16. The molecular weight excluding hydrogens is 1860 g/mol. The highest BCUT2D eigenvalue weighted by Gasteiger charge is 2.74. The fraction of sp³-hybridized carbons (Fsp3) is 0.484. The van der Waals surface area contributed by atoms with Crippen LogP contribution in [0.2, 0.25) is 0 Å². The number of ether oxygens (including phenoxy) is 6. The van der Waals surface area contributed by atoms with Crippen molar-refractivity contribution in [2.75, 3.05) is 26.4 Å². The van der Waals surface area contributed by atoms with Crippen LogP contribution in [-0.4, -0.2) is 92.9 Å². The molecule has 20 atom stereocenters. The summed E-state index contributed by atoms with van der Waals surface area (Å²) in [4.78, 5) is 71.6. The van der Waals surface area contributed by atoms with Gasteiger partial charge < -0.3 is 59.1 Å². The Labute approximate surface area is 869 Å². The van der Waals surface area contributed by atoms with Crippen LogP contribution in [-0.2, 0) is 132 Å². The topological polar surface area (TPSA) is 279 Å². The molecule has 20 heteroatoms. The predicted molar refractivity (Wildman–Crippen MR) is 566 cm³/mol. The van der Waals surface area contributed by atoms with Crippen LogP contribution in [0.25, 0.3) is 22.3 Å². The van der Waals surface area contributed by atoms with Crippen LogP contribution in [0.3, 0.4) is 0 Å². The van der Waals surface area contributed by atoms with Gasteiger partial charge in [0.1, 0.15) is 59.3 Å². The van der Waals surface area contributed by atoms with Crippen molar-refractivity contribution in [2.45, 2.75) is 284 Å². The summed E-state index contributed by atoms with van der Waals surface area (Å²) in [5.74, 6) is 2.25. The maximum Gasteiger partial charge on any atom is 0.310 e. The van der Waals surface area contributed by atoms with Gasteiger partial charge in [-0.3, -0.25) is 28.8 Å². The first-order valence-electron chi connectivity index (χ1n) is 54.4. The Hall–Kier alpha value is -12.3. The third-order valence-corrected chi connectivity index (χ3v) is 38.8. The Morgan fingerprint density at radius 3 is 0.818 bits per heavy atom. The molecule has 8 fully saturated rings. The Morgan fingerprint density at radius 1 is 0.311 bits per heavy atom. The molecule has 0 saturated heterocycles. The highest BCUT2D eigenvalue weighted by molar-refractivity contribution is 5.85. The van der Waals surface area contributed by atoms with Gasteiger partial charge in [0.25, 0.3) is 0 Å². The van der Waals surface area contributed by atoms with E-state index < -0.39 is 11.9 Å². The molecule has 780 valence electrons. The maximum absolute atomic E-state index is 15.0. The summed E-state index contributed by atoms with van der Waals surface area (Å²) in [6.45, 7) is 35.8.